The number of nitrogens with zero attached hydrogens (tertiary/aromatic N) is 1. The van der Waals surface area contributed by atoms with Crippen molar-refractivity contribution in [3.05, 3.63) is 56.7 Å². The third-order valence-corrected chi connectivity index (χ3v) is 3.25. The molecule has 2 aromatic rings. The molecule has 7 heteroatoms. The van der Waals surface area contributed by atoms with Crippen molar-refractivity contribution in [1.82, 2.24) is 4.98 Å². The number of hydrogen-bond donors (Lipinski definition) is 2. The van der Waals surface area contributed by atoms with Crippen molar-refractivity contribution in [2.75, 3.05) is 5.32 Å². The zero-order chi connectivity index (χ0) is 14.7. The molecule has 2 N–H and O–H groups in total. The van der Waals surface area contributed by atoms with E-state index in [1.54, 1.807) is 24.3 Å². The molecule has 0 atom stereocenters. The van der Waals surface area contributed by atoms with Crippen LogP contribution in [0.4, 0.5) is 5.69 Å². The lowest BCUT2D eigenvalue weighted by Gasteiger charge is -2.07. The van der Waals surface area contributed by atoms with Crippen LogP contribution in [0.15, 0.2) is 45.5 Å². The van der Waals surface area contributed by atoms with Crippen molar-refractivity contribution < 1.29 is 14.7 Å². The predicted molar refractivity (Wildman–Crippen MR) is 81.0 cm³/mol. The van der Waals surface area contributed by atoms with Crippen molar-refractivity contribution in [1.29, 1.82) is 0 Å². The molecule has 0 saturated heterocycles. The molecule has 0 unspecified atom stereocenters. The minimum atomic E-state index is -1.07. The van der Waals surface area contributed by atoms with Gasteiger partial charge in [-0.3, -0.25) is 4.79 Å². The Bertz CT molecular complexity index is 689. The molecule has 0 aliphatic heterocycles. The molecule has 1 aromatic heterocycles. The predicted octanol–water partition coefficient (Wildman–Crippen LogP) is 3.56. The fourth-order valence-electron chi connectivity index (χ4n) is 1.52. The van der Waals surface area contributed by atoms with Gasteiger partial charge in [0.05, 0.1) is 5.56 Å². The average molecular weight is 400 g/mol. The molecule has 20 heavy (non-hydrogen) atoms. The molecule has 0 spiro atoms. The first-order valence-electron chi connectivity index (χ1n) is 5.43. The molecule has 0 fully saturated rings. The van der Waals surface area contributed by atoms with Gasteiger partial charge in [-0.05, 0) is 46.3 Å². The van der Waals surface area contributed by atoms with E-state index in [1.807, 2.05) is 0 Å². The van der Waals surface area contributed by atoms with Crippen LogP contribution >= 0.6 is 31.9 Å². The SMILES string of the molecule is O=C(O)c1cc(Br)cc(NC(=O)c2cccc(Br)n2)c1. The highest BCUT2D eigenvalue weighted by atomic mass is 79.9. The van der Waals surface area contributed by atoms with Crippen molar-refractivity contribution >= 4 is 49.4 Å². The third kappa shape index (κ3) is 3.64. The standard InChI is InChI=1S/C13H8Br2N2O3/c14-8-4-7(13(19)20)5-9(6-8)16-12(18)10-2-1-3-11(15)17-10/h1-6H,(H,16,18)(H,19,20). The van der Waals surface area contributed by atoms with E-state index < -0.39 is 11.9 Å². The summed E-state index contributed by atoms with van der Waals surface area (Å²) < 4.78 is 1.11. The zero-order valence-corrected chi connectivity index (χ0v) is 13.1. The lowest BCUT2D eigenvalue weighted by atomic mass is 10.2. The van der Waals surface area contributed by atoms with Crippen LogP contribution in [0.2, 0.25) is 0 Å². The Balaban J connectivity index is 2.26. The number of amides is 1. The van der Waals surface area contributed by atoms with Crippen LogP contribution in [0.3, 0.4) is 0 Å². The molecular weight excluding hydrogens is 392 g/mol. The molecule has 0 bridgehead atoms. The number of carbonyl (C=O) groups is 2. The van der Waals surface area contributed by atoms with Crippen LogP contribution in [0.1, 0.15) is 20.8 Å². The average Bonchev–Trinajstić information content (AvgIpc) is 2.37. The zero-order valence-electron chi connectivity index (χ0n) is 9.93. The summed E-state index contributed by atoms with van der Waals surface area (Å²) in [4.78, 5) is 27.0. The van der Waals surface area contributed by atoms with Gasteiger partial charge in [-0.1, -0.05) is 22.0 Å². The van der Waals surface area contributed by atoms with Gasteiger partial charge in [0.2, 0.25) is 0 Å². The first kappa shape index (κ1) is 14.7. The number of carboxylic acid groups (broad SMARTS) is 1. The maximum atomic E-state index is 12.0. The number of benzene rings is 1. The summed E-state index contributed by atoms with van der Waals surface area (Å²) in [5.41, 5.74) is 0.691. The Hall–Kier alpha value is -1.73. The molecule has 1 heterocycles. The van der Waals surface area contributed by atoms with Crippen LogP contribution in [0.25, 0.3) is 0 Å². The maximum Gasteiger partial charge on any atom is 0.335 e. The van der Waals surface area contributed by atoms with E-state index in [2.05, 4.69) is 42.2 Å². The number of carboxylic acids is 1. The van der Waals surface area contributed by atoms with Crippen molar-refractivity contribution in [2.24, 2.45) is 0 Å². The normalized spacial score (nSPS) is 10.1. The Morgan fingerprint density at radius 1 is 1.15 bits per heavy atom. The number of hydrogen-bond acceptors (Lipinski definition) is 3. The number of nitrogens with one attached hydrogen (secondary N) is 1. The number of halogens is 2. The second-order valence-corrected chi connectivity index (χ2v) is 5.56. The number of aromatic nitrogens is 1. The Labute approximate surface area is 131 Å². The van der Waals surface area contributed by atoms with Gasteiger partial charge in [-0.2, -0.15) is 0 Å². The van der Waals surface area contributed by atoms with Gasteiger partial charge in [0.15, 0.2) is 0 Å². The van der Waals surface area contributed by atoms with Crippen LogP contribution in [0.5, 0.6) is 0 Å². The monoisotopic (exact) mass is 398 g/mol. The van der Waals surface area contributed by atoms with E-state index in [-0.39, 0.29) is 11.3 Å². The van der Waals surface area contributed by atoms with Gasteiger partial charge >= 0.3 is 5.97 Å². The Morgan fingerprint density at radius 2 is 1.90 bits per heavy atom. The van der Waals surface area contributed by atoms with Crippen LogP contribution in [-0.4, -0.2) is 22.0 Å². The number of anilines is 1. The molecule has 0 saturated carbocycles. The minimum absolute atomic E-state index is 0.0804. The van der Waals surface area contributed by atoms with Crippen molar-refractivity contribution in [3.8, 4) is 0 Å². The fourth-order valence-corrected chi connectivity index (χ4v) is 2.35. The number of carbonyl (C=O) groups excluding carboxylic acids is 1. The molecule has 0 aliphatic carbocycles. The van der Waals surface area contributed by atoms with Crippen molar-refractivity contribution in [3.63, 3.8) is 0 Å². The molecule has 2 rings (SSSR count). The van der Waals surface area contributed by atoms with Crippen LogP contribution < -0.4 is 5.32 Å². The Morgan fingerprint density at radius 3 is 2.55 bits per heavy atom. The van der Waals surface area contributed by atoms with E-state index in [0.29, 0.717) is 14.8 Å². The first-order chi connectivity index (χ1) is 9.45. The summed E-state index contributed by atoms with van der Waals surface area (Å²) in [6, 6.07) is 9.41. The van der Waals surface area contributed by atoms with E-state index in [9.17, 15) is 9.59 Å². The second-order valence-electron chi connectivity index (χ2n) is 3.83. The fraction of sp³-hybridized carbons (Fsp3) is 0. The minimum Gasteiger partial charge on any atom is -0.478 e. The van der Waals surface area contributed by atoms with Gasteiger partial charge in [-0.25, -0.2) is 9.78 Å². The topological polar surface area (TPSA) is 79.3 Å². The largest absolute Gasteiger partial charge is 0.478 e. The molecule has 102 valence electrons. The number of pyridine rings is 1. The lowest BCUT2D eigenvalue weighted by Crippen LogP contribution is -2.14. The van der Waals surface area contributed by atoms with Crippen LogP contribution in [0, 0.1) is 0 Å². The van der Waals surface area contributed by atoms with E-state index >= 15 is 0 Å². The van der Waals surface area contributed by atoms with Gasteiger partial charge in [0, 0.05) is 10.2 Å². The van der Waals surface area contributed by atoms with Gasteiger partial charge in [0.1, 0.15) is 10.3 Å². The molecule has 0 aliphatic rings. The third-order valence-electron chi connectivity index (χ3n) is 2.35. The second kappa shape index (κ2) is 6.15. The quantitative estimate of drug-likeness (QED) is 0.773. The highest BCUT2D eigenvalue weighted by Gasteiger charge is 2.11. The summed E-state index contributed by atoms with van der Waals surface area (Å²) >= 11 is 6.38. The Kier molecular flexibility index (Phi) is 4.51. The molecule has 0 radical (unpaired) electrons. The van der Waals surface area contributed by atoms with Gasteiger partial charge < -0.3 is 10.4 Å². The van der Waals surface area contributed by atoms with E-state index in [0.717, 1.165) is 0 Å². The summed E-state index contributed by atoms with van der Waals surface area (Å²) in [5, 5.41) is 11.6. The van der Waals surface area contributed by atoms with Gasteiger partial charge in [-0.15, -0.1) is 0 Å². The summed E-state index contributed by atoms with van der Waals surface area (Å²) in [6.45, 7) is 0. The van der Waals surface area contributed by atoms with Crippen LogP contribution in [-0.2, 0) is 0 Å². The molecule has 1 aromatic carbocycles. The number of rotatable bonds is 3. The highest BCUT2D eigenvalue weighted by Crippen LogP contribution is 2.20. The van der Waals surface area contributed by atoms with E-state index in [1.165, 1.54) is 12.1 Å². The highest BCUT2D eigenvalue weighted by molar-refractivity contribution is 9.10. The number of aromatic carboxylic acids is 1. The molecule has 1 amide bonds. The summed E-state index contributed by atoms with van der Waals surface area (Å²) in [5.74, 6) is -1.48. The van der Waals surface area contributed by atoms with Crippen molar-refractivity contribution in [2.45, 2.75) is 0 Å². The molecular formula is C13H8Br2N2O3. The maximum absolute atomic E-state index is 12.0. The summed E-state index contributed by atoms with van der Waals surface area (Å²) in [7, 11) is 0. The summed E-state index contributed by atoms with van der Waals surface area (Å²) in [6.07, 6.45) is 0. The molecule has 5 nitrogen and oxygen atoms in total. The van der Waals surface area contributed by atoms with E-state index in [4.69, 9.17) is 5.11 Å². The smallest absolute Gasteiger partial charge is 0.335 e. The van der Waals surface area contributed by atoms with Gasteiger partial charge in [0.25, 0.3) is 5.91 Å². The first-order valence-corrected chi connectivity index (χ1v) is 7.02. The lowest BCUT2D eigenvalue weighted by molar-refractivity contribution is 0.0696.